The topological polar surface area (TPSA) is 26.5 Å². The molecule has 0 atom stereocenters. The van der Waals surface area contributed by atoms with Crippen LogP contribution in [0.1, 0.15) is 26.5 Å². The van der Waals surface area contributed by atoms with Crippen molar-refractivity contribution in [3.05, 3.63) is 29.4 Å². The molecule has 0 saturated heterocycles. The fraction of sp³-hybridized carbons (Fsp3) is 0.455. The van der Waals surface area contributed by atoms with Crippen molar-refractivity contribution in [3.63, 3.8) is 0 Å². The summed E-state index contributed by atoms with van der Waals surface area (Å²) in [7, 11) is 1.57. The number of hydrogen-bond acceptors (Lipinski definition) is 2. The van der Waals surface area contributed by atoms with Crippen LogP contribution < -0.4 is 4.74 Å². The average Bonchev–Trinajstić information content (AvgIpc) is 2.15. The molecule has 0 N–H and O–H groups in total. The molecule has 0 aromatic carbocycles. The molecule has 3 heteroatoms. The molecule has 0 spiro atoms. The Bertz CT molecular complexity index is 372. The lowest BCUT2D eigenvalue weighted by Gasteiger charge is -2.18. The minimum absolute atomic E-state index is 0.0200. The van der Waals surface area contributed by atoms with Gasteiger partial charge in [0.1, 0.15) is 5.75 Å². The van der Waals surface area contributed by atoms with Crippen molar-refractivity contribution in [2.75, 3.05) is 7.11 Å². The Morgan fingerprint density at radius 2 is 2.07 bits per heavy atom. The van der Waals surface area contributed by atoms with E-state index >= 15 is 0 Å². The van der Waals surface area contributed by atoms with E-state index in [4.69, 9.17) is 11.3 Å². The number of pyridine rings is 1. The first-order chi connectivity index (χ1) is 6.49. The Labute approximate surface area is 84.6 Å². The molecule has 1 rings (SSSR count). The molecule has 0 unspecified atom stereocenters. The van der Waals surface area contributed by atoms with E-state index in [9.17, 15) is 0 Å². The van der Waals surface area contributed by atoms with Gasteiger partial charge in [-0.2, -0.15) is 0 Å². The first kappa shape index (κ1) is 10.5. The van der Waals surface area contributed by atoms with Crippen molar-refractivity contribution in [1.82, 2.24) is 4.98 Å². The van der Waals surface area contributed by atoms with Crippen molar-refractivity contribution >= 4 is 5.69 Å². The van der Waals surface area contributed by atoms with Gasteiger partial charge in [-0.05, 0) is 6.07 Å². The molecule has 0 saturated carbocycles. The summed E-state index contributed by atoms with van der Waals surface area (Å²) in [6.07, 6.45) is 1.56. The van der Waals surface area contributed by atoms with Gasteiger partial charge < -0.3 is 4.74 Å². The summed E-state index contributed by atoms with van der Waals surface area (Å²) in [5.41, 5.74) is 1.37. The second kappa shape index (κ2) is 3.67. The highest BCUT2D eigenvalue weighted by Gasteiger charge is 2.17. The molecular formula is C11H14N2O. The van der Waals surface area contributed by atoms with Crippen molar-refractivity contribution in [1.29, 1.82) is 0 Å². The Balaban J connectivity index is 3.23. The van der Waals surface area contributed by atoms with E-state index in [1.165, 1.54) is 0 Å². The number of methoxy groups -OCH3 is 1. The minimum Gasteiger partial charge on any atom is -0.508 e. The van der Waals surface area contributed by atoms with Gasteiger partial charge in [-0.25, -0.2) is 4.85 Å². The molecule has 1 aromatic heterocycles. The molecule has 0 aliphatic heterocycles. The van der Waals surface area contributed by atoms with E-state index in [0.717, 1.165) is 5.69 Å². The second-order valence-electron chi connectivity index (χ2n) is 4.10. The highest BCUT2D eigenvalue weighted by molar-refractivity contribution is 5.56. The highest BCUT2D eigenvalue weighted by atomic mass is 16.5. The summed E-state index contributed by atoms with van der Waals surface area (Å²) in [6, 6.07) is 1.83. The lowest BCUT2D eigenvalue weighted by molar-refractivity contribution is 0.414. The van der Waals surface area contributed by atoms with E-state index in [0.29, 0.717) is 11.4 Å². The van der Waals surface area contributed by atoms with E-state index in [-0.39, 0.29) is 5.41 Å². The predicted octanol–water partition coefficient (Wildman–Crippen LogP) is 2.94. The van der Waals surface area contributed by atoms with Gasteiger partial charge in [-0.3, -0.25) is 4.98 Å². The van der Waals surface area contributed by atoms with Crippen molar-refractivity contribution in [2.45, 2.75) is 26.2 Å². The zero-order valence-corrected chi connectivity index (χ0v) is 8.96. The van der Waals surface area contributed by atoms with Crippen molar-refractivity contribution in [3.8, 4) is 5.75 Å². The number of rotatable bonds is 1. The molecule has 0 aliphatic carbocycles. The van der Waals surface area contributed by atoms with Crippen LogP contribution in [0.5, 0.6) is 5.75 Å². The van der Waals surface area contributed by atoms with Gasteiger partial charge in [0.25, 0.3) is 0 Å². The van der Waals surface area contributed by atoms with Crippen molar-refractivity contribution in [2.24, 2.45) is 0 Å². The molecule has 1 heterocycles. The Kier molecular flexibility index (Phi) is 2.76. The zero-order chi connectivity index (χ0) is 10.8. The smallest absolute Gasteiger partial charge is 0.245 e. The monoisotopic (exact) mass is 190 g/mol. The van der Waals surface area contributed by atoms with Crippen LogP contribution in [0.4, 0.5) is 5.69 Å². The van der Waals surface area contributed by atoms with E-state index in [2.05, 4.69) is 30.6 Å². The minimum atomic E-state index is -0.0200. The molecule has 0 radical (unpaired) electrons. The fourth-order valence-corrected chi connectivity index (χ4v) is 1.09. The van der Waals surface area contributed by atoms with Gasteiger partial charge >= 0.3 is 0 Å². The lowest BCUT2D eigenvalue weighted by atomic mass is 9.91. The third-order valence-corrected chi connectivity index (χ3v) is 1.95. The number of ether oxygens (including phenoxy) is 1. The molecule has 0 fully saturated rings. The lowest BCUT2D eigenvalue weighted by Crippen LogP contribution is -2.13. The summed E-state index contributed by atoms with van der Waals surface area (Å²) in [5.74, 6) is 0.597. The maximum Gasteiger partial charge on any atom is 0.245 e. The van der Waals surface area contributed by atoms with Crippen molar-refractivity contribution < 1.29 is 4.74 Å². The Morgan fingerprint density at radius 1 is 1.43 bits per heavy atom. The van der Waals surface area contributed by atoms with Gasteiger partial charge in [0, 0.05) is 17.3 Å². The molecule has 0 amide bonds. The van der Waals surface area contributed by atoms with Gasteiger partial charge in [-0.1, -0.05) is 20.8 Å². The van der Waals surface area contributed by atoms with Crippen LogP contribution in [0.2, 0.25) is 0 Å². The van der Waals surface area contributed by atoms with Gasteiger partial charge in [0.15, 0.2) is 0 Å². The first-order valence-electron chi connectivity index (χ1n) is 4.41. The van der Waals surface area contributed by atoms with Gasteiger partial charge in [0.2, 0.25) is 5.69 Å². The summed E-state index contributed by atoms with van der Waals surface area (Å²) < 4.78 is 5.12. The molecule has 0 bridgehead atoms. The number of nitrogens with zero attached hydrogens (tertiary/aromatic N) is 2. The fourth-order valence-electron chi connectivity index (χ4n) is 1.09. The zero-order valence-electron chi connectivity index (χ0n) is 8.96. The van der Waals surface area contributed by atoms with Crippen LogP contribution in [-0.4, -0.2) is 12.1 Å². The molecular weight excluding hydrogens is 176 g/mol. The third-order valence-electron chi connectivity index (χ3n) is 1.95. The Hall–Kier alpha value is -1.56. The van der Waals surface area contributed by atoms with Crippen LogP contribution in [0.25, 0.3) is 4.85 Å². The van der Waals surface area contributed by atoms with Crippen LogP contribution in [0, 0.1) is 6.57 Å². The highest BCUT2D eigenvalue weighted by Crippen LogP contribution is 2.30. The number of hydrogen-bond donors (Lipinski definition) is 0. The maximum absolute atomic E-state index is 6.92. The molecule has 1 aromatic rings. The number of aromatic nitrogens is 1. The predicted molar refractivity (Wildman–Crippen MR) is 55.8 cm³/mol. The molecule has 3 nitrogen and oxygen atoms in total. The third kappa shape index (κ3) is 2.02. The molecule has 0 aliphatic rings. The summed E-state index contributed by atoms with van der Waals surface area (Å²) >= 11 is 0. The maximum atomic E-state index is 6.92. The SMILES string of the molecule is [C-]#[N+]c1cnc(C(C)(C)C)cc1OC. The van der Waals surface area contributed by atoms with E-state index < -0.39 is 0 Å². The molecule has 14 heavy (non-hydrogen) atoms. The summed E-state index contributed by atoms with van der Waals surface area (Å²) in [5, 5.41) is 0. The average molecular weight is 190 g/mol. The van der Waals surface area contributed by atoms with Gasteiger partial charge in [0.05, 0.1) is 13.7 Å². The van der Waals surface area contributed by atoms with Crippen LogP contribution >= 0.6 is 0 Å². The summed E-state index contributed by atoms with van der Waals surface area (Å²) in [6.45, 7) is 13.1. The first-order valence-corrected chi connectivity index (χ1v) is 4.41. The Morgan fingerprint density at radius 3 is 2.50 bits per heavy atom. The second-order valence-corrected chi connectivity index (χ2v) is 4.10. The van der Waals surface area contributed by atoms with Crippen LogP contribution in [-0.2, 0) is 5.41 Å². The normalized spacial score (nSPS) is 10.8. The quantitative estimate of drug-likeness (QED) is 0.636. The van der Waals surface area contributed by atoms with Crippen LogP contribution in [0.15, 0.2) is 12.3 Å². The summed E-state index contributed by atoms with van der Waals surface area (Å²) in [4.78, 5) is 7.56. The van der Waals surface area contributed by atoms with Gasteiger partial charge in [-0.15, -0.1) is 0 Å². The standard InChI is InChI=1S/C11H14N2O/c1-11(2,3)10-6-9(14-5)8(12-4)7-13-10/h6-7H,1-3,5H3. The van der Waals surface area contributed by atoms with Crippen LogP contribution in [0.3, 0.4) is 0 Å². The van der Waals surface area contributed by atoms with E-state index in [1.807, 2.05) is 6.07 Å². The van der Waals surface area contributed by atoms with E-state index in [1.54, 1.807) is 13.3 Å². The molecule has 74 valence electrons. The largest absolute Gasteiger partial charge is 0.508 e.